The van der Waals surface area contributed by atoms with Crippen LogP contribution in [0.25, 0.3) is 0 Å². The minimum Gasteiger partial charge on any atom is -0.354 e. The molecule has 2 unspecified atom stereocenters. The molecule has 0 aliphatic heterocycles. The molecular formula is C16H28N2. The van der Waals surface area contributed by atoms with Crippen LogP contribution in [-0.4, -0.2) is 10.6 Å². The number of aromatic nitrogens is 1. The highest BCUT2D eigenvalue weighted by Crippen LogP contribution is 2.26. The molecule has 0 saturated heterocycles. The van der Waals surface area contributed by atoms with Crippen molar-refractivity contribution in [3.63, 3.8) is 0 Å². The molecule has 0 bridgehead atoms. The van der Waals surface area contributed by atoms with Crippen LogP contribution < -0.4 is 5.32 Å². The van der Waals surface area contributed by atoms with Gasteiger partial charge in [0.2, 0.25) is 0 Å². The van der Waals surface area contributed by atoms with E-state index in [-0.39, 0.29) is 0 Å². The lowest BCUT2D eigenvalue weighted by molar-refractivity contribution is 0.254. The van der Waals surface area contributed by atoms with Gasteiger partial charge in [0.25, 0.3) is 0 Å². The Kier molecular flexibility index (Phi) is 5.30. The van der Waals surface area contributed by atoms with Crippen molar-refractivity contribution < 1.29 is 0 Å². The van der Waals surface area contributed by atoms with Gasteiger partial charge in [0.15, 0.2) is 0 Å². The van der Waals surface area contributed by atoms with Gasteiger partial charge in [-0.3, -0.25) is 0 Å². The molecule has 2 nitrogen and oxygen atoms in total. The van der Waals surface area contributed by atoms with Gasteiger partial charge in [-0.25, -0.2) is 0 Å². The molecule has 1 aliphatic carbocycles. The van der Waals surface area contributed by atoms with Gasteiger partial charge in [-0.1, -0.05) is 33.1 Å². The number of nitrogens with zero attached hydrogens (tertiary/aromatic N) is 1. The summed E-state index contributed by atoms with van der Waals surface area (Å²) < 4.78 is 2.30. The Bertz CT molecular complexity index is 343. The second kappa shape index (κ2) is 6.98. The highest BCUT2D eigenvalue weighted by atomic mass is 15.0. The Balaban J connectivity index is 1.81. The van der Waals surface area contributed by atoms with E-state index in [4.69, 9.17) is 0 Å². The van der Waals surface area contributed by atoms with Crippen LogP contribution in [0.15, 0.2) is 18.5 Å². The Morgan fingerprint density at radius 1 is 1.28 bits per heavy atom. The van der Waals surface area contributed by atoms with Crippen molar-refractivity contribution in [2.45, 2.75) is 71.5 Å². The van der Waals surface area contributed by atoms with Crippen LogP contribution in [0, 0.1) is 5.92 Å². The van der Waals surface area contributed by atoms with Gasteiger partial charge in [0.05, 0.1) is 0 Å². The molecule has 0 amide bonds. The molecule has 18 heavy (non-hydrogen) atoms. The summed E-state index contributed by atoms with van der Waals surface area (Å²) in [5, 5.41) is 3.78. The maximum Gasteiger partial charge on any atom is 0.0223 e. The van der Waals surface area contributed by atoms with Gasteiger partial charge in [0.1, 0.15) is 0 Å². The van der Waals surface area contributed by atoms with E-state index in [0.29, 0.717) is 0 Å². The standard InChI is InChI=1S/C16H28N2/c1-3-10-18-11-9-14(13-18)12-17-16-8-6-5-7-15(16)4-2/h9,11,13,15-17H,3-8,10,12H2,1-2H3. The first-order chi connectivity index (χ1) is 8.83. The number of hydrogen-bond acceptors (Lipinski definition) is 1. The van der Waals surface area contributed by atoms with Gasteiger partial charge < -0.3 is 9.88 Å². The molecule has 1 fully saturated rings. The molecule has 1 aliphatic rings. The Labute approximate surface area is 112 Å². The van der Waals surface area contributed by atoms with Crippen molar-refractivity contribution in [3.05, 3.63) is 24.0 Å². The van der Waals surface area contributed by atoms with E-state index in [1.165, 1.54) is 44.1 Å². The van der Waals surface area contributed by atoms with Gasteiger partial charge in [-0.05, 0) is 36.8 Å². The third-order valence-corrected chi connectivity index (χ3v) is 4.30. The van der Waals surface area contributed by atoms with E-state index in [1.807, 2.05) is 0 Å². The topological polar surface area (TPSA) is 17.0 Å². The summed E-state index contributed by atoms with van der Waals surface area (Å²) in [6.45, 7) is 6.74. The highest BCUT2D eigenvalue weighted by Gasteiger charge is 2.22. The predicted molar refractivity (Wildman–Crippen MR) is 77.6 cm³/mol. The number of hydrogen-bond donors (Lipinski definition) is 1. The largest absolute Gasteiger partial charge is 0.354 e. The smallest absolute Gasteiger partial charge is 0.0223 e. The zero-order valence-electron chi connectivity index (χ0n) is 12.0. The van der Waals surface area contributed by atoms with E-state index >= 15 is 0 Å². The van der Waals surface area contributed by atoms with E-state index < -0.39 is 0 Å². The highest BCUT2D eigenvalue weighted by molar-refractivity contribution is 5.10. The molecule has 0 aromatic carbocycles. The number of nitrogens with one attached hydrogen (secondary N) is 1. The van der Waals surface area contributed by atoms with Crippen molar-refractivity contribution in [1.29, 1.82) is 0 Å². The average Bonchev–Trinajstić information content (AvgIpc) is 2.85. The molecule has 1 N–H and O–H groups in total. The van der Waals surface area contributed by atoms with Crippen LogP contribution in [-0.2, 0) is 13.1 Å². The SMILES string of the molecule is CCCn1ccc(CNC2CCCCC2CC)c1. The fourth-order valence-electron chi connectivity index (χ4n) is 3.21. The van der Waals surface area contributed by atoms with E-state index in [0.717, 1.165) is 25.0 Å². The minimum absolute atomic E-state index is 0.748. The third-order valence-electron chi connectivity index (χ3n) is 4.30. The van der Waals surface area contributed by atoms with Gasteiger partial charge in [-0.15, -0.1) is 0 Å². The monoisotopic (exact) mass is 248 g/mol. The molecule has 1 heterocycles. The Hall–Kier alpha value is -0.760. The van der Waals surface area contributed by atoms with Gasteiger partial charge in [0, 0.05) is 31.5 Å². The maximum absolute atomic E-state index is 3.78. The second-order valence-corrected chi connectivity index (χ2v) is 5.70. The third kappa shape index (κ3) is 3.61. The summed E-state index contributed by atoms with van der Waals surface area (Å²) in [6, 6.07) is 3.00. The van der Waals surface area contributed by atoms with E-state index in [2.05, 4.69) is 42.2 Å². The lowest BCUT2D eigenvalue weighted by Crippen LogP contribution is -2.37. The molecule has 1 saturated carbocycles. The molecule has 1 aromatic heterocycles. The lowest BCUT2D eigenvalue weighted by atomic mass is 9.83. The first-order valence-electron chi connectivity index (χ1n) is 7.71. The number of aryl methyl sites for hydroxylation is 1. The lowest BCUT2D eigenvalue weighted by Gasteiger charge is -2.31. The molecular weight excluding hydrogens is 220 g/mol. The first-order valence-corrected chi connectivity index (χ1v) is 7.71. The second-order valence-electron chi connectivity index (χ2n) is 5.70. The summed E-state index contributed by atoms with van der Waals surface area (Å²) >= 11 is 0. The molecule has 2 heteroatoms. The maximum atomic E-state index is 3.78. The normalized spacial score (nSPS) is 24.3. The summed E-state index contributed by atoms with van der Waals surface area (Å²) in [5.74, 6) is 0.900. The Morgan fingerprint density at radius 2 is 2.11 bits per heavy atom. The summed E-state index contributed by atoms with van der Waals surface area (Å²) in [6.07, 6.45) is 12.7. The first kappa shape index (κ1) is 13.7. The van der Waals surface area contributed by atoms with Gasteiger partial charge >= 0.3 is 0 Å². The van der Waals surface area contributed by atoms with Crippen LogP contribution >= 0.6 is 0 Å². The van der Waals surface area contributed by atoms with Crippen molar-refractivity contribution >= 4 is 0 Å². The fraction of sp³-hybridized carbons (Fsp3) is 0.750. The molecule has 0 spiro atoms. The molecule has 2 rings (SSSR count). The molecule has 102 valence electrons. The molecule has 1 aromatic rings. The molecule has 2 atom stereocenters. The minimum atomic E-state index is 0.748. The number of rotatable bonds is 6. The predicted octanol–water partition coefficient (Wildman–Crippen LogP) is 3.96. The van der Waals surface area contributed by atoms with Crippen LogP contribution in [0.2, 0.25) is 0 Å². The van der Waals surface area contributed by atoms with Crippen LogP contribution in [0.1, 0.15) is 57.9 Å². The quantitative estimate of drug-likeness (QED) is 0.806. The fourth-order valence-corrected chi connectivity index (χ4v) is 3.21. The van der Waals surface area contributed by atoms with E-state index in [9.17, 15) is 0 Å². The average molecular weight is 248 g/mol. The summed E-state index contributed by atoms with van der Waals surface area (Å²) in [4.78, 5) is 0. The van der Waals surface area contributed by atoms with E-state index in [1.54, 1.807) is 0 Å². The van der Waals surface area contributed by atoms with Gasteiger partial charge in [-0.2, -0.15) is 0 Å². The van der Waals surface area contributed by atoms with Crippen molar-refractivity contribution in [1.82, 2.24) is 9.88 Å². The summed E-state index contributed by atoms with van der Waals surface area (Å²) in [7, 11) is 0. The summed E-state index contributed by atoms with van der Waals surface area (Å²) in [5.41, 5.74) is 1.43. The van der Waals surface area contributed by atoms with Crippen LogP contribution in [0.4, 0.5) is 0 Å². The molecule has 0 radical (unpaired) electrons. The zero-order chi connectivity index (χ0) is 12.8. The zero-order valence-corrected chi connectivity index (χ0v) is 12.0. The van der Waals surface area contributed by atoms with Crippen molar-refractivity contribution in [2.24, 2.45) is 5.92 Å². The van der Waals surface area contributed by atoms with Crippen molar-refractivity contribution in [3.8, 4) is 0 Å². The van der Waals surface area contributed by atoms with Crippen molar-refractivity contribution in [2.75, 3.05) is 0 Å². The Morgan fingerprint density at radius 3 is 2.89 bits per heavy atom. The van der Waals surface area contributed by atoms with Crippen LogP contribution in [0.5, 0.6) is 0 Å². The van der Waals surface area contributed by atoms with Crippen LogP contribution in [0.3, 0.4) is 0 Å².